The summed E-state index contributed by atoms with van der Waals surface area (Å²) < 4.78 is 36.2. The zero-order valence-electron chi connectivity index (χ0n) is 20.8. The van der Waals surface area contributed by atoms with Crippen molar-refractivity contribution >= 4 is 94.2 Å². The monoisotopic (exact) mass is 629 g/mol. The SMILES string of the molecule is O=C(O)C[n+]1c(C=C2Sc3ccc(-c4cccc5sccc45)cc3N2CCCS(=O)(=O)O)sc2ccc(Cl)cc21. The molecule has 12 heteroatoms. The van der Waals surface area contributed by atoms with E-state index < -0.39 is 16.1 Å². The summed E-state index contributed by atoms with van der Waals surface area (Å²) >= 11 is 10.9. The number of thiazole rings is 1. The van der Waals surface area contributed by atoms with Crippen LogP contribution in [-0.4, -0.2) is 36.3 Å². The molecule has 6 rings (SSSR count). The zero-order valence-corrected chi connectivity index (χ0v) is 24.8. The minimum atomic E-state index is -4.11. The molecule has 0 saturated carbocycles. The predicted octanol–water partition coefficient (Wildman–Crippen LogP) is 7.00. The van der Waals surface area contributed by atoms with Gasteiger partial charge in [-0.3, -0.25) is 4.55 Å². The highest BCUT2D eigenvalue weighted by atomic mass is 35.5. The van der Waals surface area contributed by atoms with E-state index in [0.717, 1.165) is 42.0 Å². The largest absolute Gasteiger partial charge is 0.477 e. The van der Waals surface area contributed by atoms with Gasteiger partial charge in [0.1, 0.15) is 4.70 Å². The average molecular weight is 630 g/mol. The fourth-order valence-corrected chi connectivity index (χ4v) is 8.57. The van der Waals surface area contributed by atoms with Gasteiger partial charge >= 0.3 is 5.97 Å². The van der Waals surface area contributed by atoms with Crippen LogP contribution in [0.4, 0.5) is 5.69 Å². The van der Waals surface area contributed by atoms with E-state index in [0.29, 0.717) is 11.6 Å². The molecule has 3 aromatic carbocycles. The summed E-state index contributed by atoms with van der Waals surface area (Å²) in [6, 6.07) is 20.0. The number of hydrogen-bond donors (Lipinski definition) is 2. The highest BCUT2D eigenvalue weighted by Crippen LogP contribution is 2.49. The minimum absolute atomic E-state index is 0.220. The standard InChI is InChI=1S/C28H21ClN2O5S4/c29-18-6-8-25-22(14-18)31(16-28(32)33)27(39-25)15-26-30(10-2-12-40(34,35)36)21-13-17(5-7-24(21)38-26)19-3-1-4-23-20(19)9-11-37-23/h1,3-9,11,13-15H,2,10,12,16H2,(H-,32,33,34,35,36)/p+1. The Morgan fingerprint density at radius 1 is 1.07 bits per heavy atom. The molecule has 0 radical (unpaired) electrons. The Balaban J connectivity index is 1.45. The first-order chi connectivity index (χ1) is 19.2. The summed E-state index contributed by atoms with van der Waals surface area (Å²) in [5.41, 5.74) is 3.82. The van der Waals surface area contributed by atoms with Gasteiger partial charge in [-0.15, -0.1) is 11.3 Å². The molecule has 0 aliphatic carbocycles. The molecule has 204 valence electrons. The van der Waals surface area contributed by atoms with Crippen molar-refractivity contribution < 1.29 is 27.4 Å². The van der Waals surface area contributed by atoms with E-state index >= 15 is 0 Å². The maximum atomic E-state index is 11.7. The smallest absolute Gasteiger partial charge is 0.370 e. The Kier molecular flexibility index (Phi) is 7.36. The quantitative estimate of drug-likeness (QED) is 0.141. The van der Waals surface area contributed by atoms with Gasteiger partial charge in [0.05, 0.1) is 22.5 Å². The first kappa shape index (κ1) is 27.3. The van der Waals surface area contributed by atoms with Gasteiger partial charge in [-0.1, -0.05) is 52.9 Å². The van der Waals surface area contributed by atoms with Crippen molar-refractivity contribution in [1.29, 1.82) is 0 Å². The normalized spacial score (nSPS) is 14.4. The molecule has 40 heavy (non-hydrogen) atoms. The van der Waals surface area contributed by atoms with E-state index in [1.165, 1.54) is 21.4 Å². The molecular formula is C28H22ClN2O5S4+. The number of fused-ring (bicyclic) bond motifs is 3. The fourth-order valence-electron chi connectivity index (χ4n) is 4.84. The van der Waals surface area contributed by atoms with Gasteiger partial charge in [-0.2, -0.15) is 13.0 Å². The van der Waals surface area contributed by atoms with E-state index in [1.807, 2.05) is 23.1 Å². The lowest BCUT2D eigenvalue weighted by atomic mass is 10.0. The van der Waals surface area contributed by atoms with Crippen molar-refractivity contribution in [2.45, 2.75) is 17.9 Å². The number of halogens is 1. The van der Waals surface area contributed by atoms with Crippen LogP contribution < -0.4 is 9.47 Å². The molecule has 0 fully saturated rings. The fraction of sp³-hybridized carbons (Fsp3) is 0.143. The van der Waals surface area contributed by atoms with Crippen molar-refractivity contribution in [3.05, 3.63) is 81.1 Å². The number of thiophene rings is 1. The molecule has 0 bridgehead atoms. The van der Waals surface area contributed by atoms with Gasteiger partial charge in [0.25, 0.3) is 15.1 Å². The summed E-state index contributed by atoms with van der Waals surface area (Å²) in [5, 5.41) is 15.0. The third-order valence-corrected chi connectivity index (χ3v) is 10.7. The third-order valence-electron chi connectivity index (χ3n) is 6.55. The van der Waals surface area contributed by atoms with E-state index in [4.69, 9.17) is 11.6 Å². The molecule has 7 nitrogen and oxygen atoms in total. The predicted molar refractivity (Wildman–Crippen MR) is 164 cm³/mol. The van der Waals surface area contributed by atoms with Crippen molar-refractivity contribution in [3.63, 3.8) is 0 Å². The Morgan fingerprint density at radius 3 is 2.73 bits per heavy atom. The number of aromatic nitrogens is 1. The molecule has 0 amide bonds. The van der Waals surface area contributed by atoms with E-state index in [2.05, 4.69) is 41.8 Å². The number of benzene rings is 3. The molecule has 5 aromatic rings. The molecule has 0 saturated heterocycles. The maximum absolute atomic E-state index is 11.7. The Hall–Kier alpha value is -2.93. The summed E-state index contributed by atoms with van der Waals surface area (Å²) in [7, 11) is -4.11. The number of rotatable bonds is 8. The lowest BCUT2D eigenvalue weighted by Crippen LogP contribution is -2.39. The van der Waals surface area contributed by atoms with Gasteiger partial charge in [-0.05, 0) is 59.3 Å². The maximum Gasteiger partial charge on any atom is 0.370 e. The van der Waals surface area contributed by atoms with Crippen molar-refractivity contribution in [1.82, 2.24) is 0 Å². The van der Waals surface area contributed by atoms with Gasteiger partial charge < -0.3 is 10.0 Å². The molecule has 0 unspecified atom stereocenters. The minimum Gasteiger partial charge on any atom is -0.477 e. The Bertz CT molecular complexity index is 1930. The van der Waals surface area contributed by atoms with Crippen molar-refractivity contribution in [2.75, 3.05) is 17.2 Å². The van der Waals surface area contributed by atoms with Gasteiger partial charge in [0, 0.05) is 32.6 Å². The van der Waals surface area contributed by atoms with Crippen LogP contribution in [0.2, 0.25) is 5.02 Å². The second kappa shape index (κ2) is 10.8. The van der Waals surface area contributed by atoms with Crippen LogP contribution in [0.3, 0.4) is 0 Å². The Morgan fingerprint density at radius 2 is 1.93 bits per heavy atom. The van der Waals surface area contributed by atoms with Crippen LogP contribution in [0.5, 0.6) is 0 Å². The van der Waals surface area contributed by atoms with Gasteiger partial charge in [0.15, 0.2) is 0 Å². The number of nitrogens with zero attached hydrogens (tertiary/aromatic N) is 2. The lowest BCUT2D eigenvalue weighted by molar-refractivity contribution is -0.657. The van der Waals surface area contributed by atoms with Gasteiger partial charge in [-0.25, -0.2) is 4.79 Å². The molecule has 2 aromatic heterocycles. The second-order valence-electron chi connectivity index (χ2n) is 9.23. The van der Waals surface area contributed by atoms with E-state index in [1.54, 1.807) is 39.8 Å². The van der Waals surface area contributed by atoms with Crippen LogP contribution in [0, 0.1) is 0 Å². The Labute approximate surface area is 247 Å². The number of anilines is 1. The number of carboxylic acids is 1. The van der Waals surface area contributed by atoms with Crippen LogP contribution in [0.15, 0.2) is 76.0 Å². The first-order valence-corrected chi connectivity index (χ1v) is 16.7. The highest BCUT2D eigenvalue weighted by Gasteiger charge is 2.29. The number of hydrogen-bond acceptors (Lipinski definition) is 7. The van der Waals surface area contributed by atoms with Crippen molar-refractivity contribution in [2.24, 2.45) is 0 Å². The molecule has 1 aliphatic heterocycles. The number of carbonyl (C=O) groups is 1. The molecule has 0 spiro atoms. The molecular weight excluding hydrogens is 608 g/mol. The highest BCUT2D eigenvalue weighted by molar-refractivity contribution is 8.03. The molecule has 1 aliphatic rings. The summed E-state index contributed by atoms with van der Waals surface area (Å²) in [4.78, 5) is 14.8. The first-order valence-electron chi connectivity index (χ1n) is 12.2. The average Bonchev–Trinajstić information content (AvgIpc) is 3.59. The molecule has 3 heterocycles. The lowest BCUT2D eigenvalue weighted by Gasteiger charge is -2.20. The zero-order chi connectivity index (χ0) is 28.0. The van der Waals surface area contributed by atoms with Crippen LogP contribution >= 0.6 is 46.0 Å². The summed E-state index contributed by atoms with van der Waals surface area (Å²) in [5.74, 6) is -1.32. The van der Waals surface area contributed by atoms with E-state index in [9.17, 15) is 22.9 Å². The molecule has 0 atom stereocenters. The topological polar surface area (TPSA) is 98.8 Å². The number of thioether (sulfide) groups is 1. The van der Waals surface area contributed by atoms with Crippen LogP contribution in [0.1, 0.15) is 11.4 Å². The van der Waals surface area contributed by atoms with Crippen LogP contribution in [-0.2, 0) is 21.5 Å². The third kappa shape index (κ3) is 5.50. The summed E-state index contributed by atoms with van der Waals surface area (Å²) in [6.45, 7) is 0.127. The molecule has 2 N–H and O–H groups in total. The van der Waals surface area contributed by atoms with E-state index in [-0.39, 0.29) is 18.7 Å². The number of carboxylic acid groups (broad SMARTS) is 1. The van der Waals surface area contributed by atoms with Crippen LogP contribution in [0.25, 0.3) is 37.5 Å². The van der Waals surface area contributed by atoms with Crippen molar-refractivity contribution in [3.8, 4) is 11.1 Å². The summed E-state index contributed by atoms with van der Waals surface area (Å²) in [6.07, 6.45) is 2.16. The number of aliphatic carboxylic acids is 1. The second-order valence-corrected chi connectivity index (χ2v) is 14.3. The van der Waals surface area contributed by atoms with Gasteiger partial charge in [0.2, 0.25) is 12.1 Å².